The van der Waals surface area contributed by atoms with Gasteiger partial charge in [0.05, 0.1) is 30.2 Å². The van der Waals surface area contributed by atoms with Crippen LogP contribution in [0.15, 0.2) is 96.1 Å². The number of nitrogens with zero attached hydrogens (tertiary/aromatic N) is 1. The Morgan fingerprint density at radius 3 is 2.45 bits per heavy atom. The number of phenols is 1. The molecule has 7 nitrogen and oxygen atoms in total. The number of allylic oxidation sites excluding steroid dienone is 1. The maximum absolute atomic E-state index is 13.9. The number of aromatic hydroxyl groups is 1. The predicted octanol–water partition coefficient (Wildman–Crippen LogP) is 5.36. The van der Waals surface area contributed by atoms with Gasteiger partial charge in [0, 0.05) is 7.11 Å². The molecule has 2 N–H and O–H groups in total. The molecule has 0 bridgehead atoms. The highest BCUT2D eigenvalue weighted by molar-refractivity contribution is 6.43. The van der Waals surface area contributed by atoms with E-state index in [4.69, 9.17) is 9.39 Å². The molecule has 6 rings (SSSR count). The topological polar surface area (TPSA) is 96.3 Å². The zero-order valence-corrected chi connectivity index (χ0v) is 23.6. The first-order chi connectivity index (χ1) is 20.4. The van der Waals surface area contributed by atoms with Crippen LogP contribution in [-0.2, 0) is 19.0 Å². The second-order valence-corrected chi connectivity index (χ2v) is 11.3. The van der Waals surface area contributed by atoms with Gasteiger partial charge in [-0.3, -0.25) is 14.5 Å². The maximum atomic E-state index is 13.9. The van der Waals surface area contributed by atoms with Crippen molar-refractivity contribution in [2.45, 2.75) is 31.7 Å². The number of rotatable bonds is 8. The van der Waals surface area contributed by atoms with Crippen molar-refractivity contribution in [3.63, 3.8) is 0 Å². The quantitative estimate of drug-likeness (QED) is 0.166. The third-order valence-electron chi connectivity index (χ3n) is 8.67. The van der Waals surface area contributed by atoms with Gasteiger partial charge in [0.15, 0.2) is 0 Å². The first-order valence-electron chi connectivity index (χ1n) is 14.5. The van der Waals surface area contributed by atoms with Crippen LogP contribution in [0.4, 0.5) is 5.69 Å². The zero-order chi connectivity index (χ0) is 29.2. The van der Waals surface area contributed by atoms with E-state index in [1.807, 2.05) is 48.5 Å². The molecule has 0 radical (unpaired) electrons. The summed E-state index contributed by atoms with van der Waals surface area (Å²) in [6, 6.07) is 26.2. The Hall–Kier alpha value is -3.98. The van der Waals surface area contributed by atoms with E-state index in [9.17, 15) is 19.7 Å². The van der Waals surface area contributed by atoms with E-state index in [0.717, 1.165) is 27.8 Å². The molecule has 2 aliphatic heterocycles. The van der Waals surface area contributed by atoms with Gasteiger partial charge in [-0.15, -0.1) is 0 Å². The molecular weight excluding hydrogens is 529 g/mol. The Morgan fingerprint density at radius 1 is 1.00 bits per heavy atom. The molecule has 0 aromatic heterocycles. The van der Waals surface area contributed by atoms with Gasteiger partial charge in [0.1, 0.15) is 5.75 Å². The molecule has 0 unspecified atom stereocenters. The number of benzene rings is 3. The van der Waals surface area contributed by atoms with Gasteiger partial charge in [-0.1, -0.05) is 66.7 Å². The summed E-state index contributed by atoms with van der Waals surface area (Å²) in [4.78, 5) is 28.8. The first kappa shape index (κ1) is 28.2. The van der Waals surface area contributed by atoms with Crippen molar-refractivity contribution >= 4 is 36.3 Å². The number of carbonyl (C=O) groups excluding carboxylic acids is 2. The number of phenolic OH excluding ortho intramolecular Hbond substituents is 1. The minimum Gasteiger partial charge on any atom is -0.508 e. The number of carbonyl (C=O) groups is 2. The number of ether oxygens (including phenoxy) is 1. The molecule has 0 spiro atoms. The number of amides is 2. The third-order valence-corrected chi connectivity index (χ3v) is 8.67. The van der Waals surface area contributed by atoms with Crippen LogP contribution in [0.3, 0.4) is 0 Å². The number of imide groups is 1. The number of para-hydroxylation sites is 1. The molecule has 1 aliphatic carbocycles. The van der Waals surface area contributed by atoms with Crippen LogP contribution in [-0.4, -0.2) is 48.9 Å². The zero-order valence-electron chi connectivity index (χ0n) is 23.6. The predicted molar refractivity (Wildman–Crippen MR) is 162 cm³/mol. The maximum Gasteiger partial charge on any atom is 0.455 e. The fourth-order valence-corrected chi connectivity index (χ4v) is 6.96. The summed E-state index contributed by atoms with van der Waals surface area (Å²) in [5.41, 5.74) is 5.54. The van der Waals surface area contributed by atoms with E-state index in [0.29, 0.717) is 31.6 Å². The number of methoxy groups -OCH3 is 1. The molecule has 8 heteroatoms. The van der Waals surface area contributed by atoms with Gasteiger partial charge in [-0.05, 0) is 83.6 Å². The fourth-order valence-electron chi connectivity index (χ4n) is 6.96. The Kier molecular flexibility index (Phi) is 8.11. The number of hydrogen-bond acceptors (Lipinski definition) is 6. The largest absolute Gasteiger partial charge is 0.508 e. The second kappa shape index (κ2) is 12.1. The molecule has 2 heterocycles. The van der Waals surface area contributed by atoms with Gasteiger partial charge in [-0.2, -0.15) is 0 Å². The molecule has 3 aromatic rings. The van der Waals surface area contributed by atoms with E-state index in [1.165, 1.54) is 4.90 Å². The summed E-state index contributed by atoms with van der Waals surface area (Å²) < 4.78 is 11.8. The van der Waals surface area contributed by atoms with Gasteiger partial charge >= 0.3 is 7.12 Å². The van der Waals surface area contributed by atoms with Crippen molar-refractivity contribution < 1.29 is 29.1 Å². The molecule has 3 aromatic carbocycles. The van der Waals surface area contributed by atoms with Gasteiger partial charge in [-0.25, -0.2) is 0 Å². The van der Waals surface area contributed by atoms with Crippen LogP contribution in [0.25, 0.3) is 11.6 Å². The van der Waals surface area contributed by atoms with E-state index in [2.05, 4.69) is 18.2 Å². The van der Waals surface area contributed by atoms with Crippen molar-refractivity contribution in [2.75, 3.05) is 18.6 Å². The van der Waals surface area contributed by atoms with Crippen molar-refractivity contribution in [2.24, 2.45) is 17.8 Å². The number of hydrogen-bond donors (Lipinski definition) is 2. The molecule has 0 saturated carbocycles. The normalized spacial score (nSPS) is 24.2. The highest BCUT2D eigenvalue weighted by atomic mass is 16.5. The Labute approximate surface area is 246 Å². The molecule has 2 saturated heterocycles. The lowest BCUT2D eigenvalue weighted by molar-refractivity contribution is -0.122. The van der Waals surface area contributed by atoms with E-state index in [-0.39, 0.29) is 29.8 Å². The second-order valence-electron chi connectivity index (χ2n) is 11.3. The van der Waals surface area contributed by atoms with Gasteiger partial charge in [0.2, 0.25) is 11.8 Å². The highest BCUT2D eigenvalue weighted by Gasteiger charge is 2.57. The van der Waals surface area contributed by atoms with Crippen molar-refractivity contribution in [1.29, 1.82) is 0 Å². The van der Waals surface area contributed by atoms with Crippen molar-refractivity contribution in [3.05, 3.63) is 107 Å². The summed E-state index contributed by atoms with van der Waals surface area (Å²) in [6.07, 6.45) is 3.51. The summed E-state index contributed by atoms with van der Waals surface area (Å²) in [7, 11) is 0.584. The molecule has 4 atom stereocenters. The average Bonchev–Trinajstić information content (AvgIpc) is 3.25. The summed E-state index contributed by atoms with van der Waals surface area (Å²) in [5, 5.41) is 20.9. The Bertz CT molecular complexity index is 1520. The van der Waals surface area contributed by atoms with Crippen LogP contribution in [0, 0.1) is 17.8 Å². The minimum absolute atomic E-state index is 0.193. The minimum atomic E-state index is -1.05. The van der Waals surface area contributed by atoms with Crippen LogP contribution in [0.5, 0.6) is 5.75 Å². The average molecular weight is 563 g/mol. The van der Waals surface area contributed by atoms with Crippen LogP contribution in [0.2, 0.25) is 6.32 Å². The molecule has 3 aliphatic rings. The monoisotopic (exact) mass is 563 g/mol. The Morgan fingerprint density at radius 2 is 1.74 bits per heavy atom. The van der Waals surface area contributed by atoms with Crippen molar-refractivity contribution in [3.8, 4) is 5.75 Å². The lowest BCUT2D eigenvalue weighted by Crippen LogP contribution is -2.46. The molecular formula is C34H34BNO6. The van der Waals surface area contributed by atoms with Crippen molar-refractivity contribution in [1.82, 2.24) is 0 Å². The first-order valence-corrected chi connectivity index (χ1v) is 14.5. The molecule has 214 valence electrons. The number of fused-ring (bicyclic) bond motifs is 3. The lowest BCUT2D eigenvalue weighted by atomic mass is 9.58. The fraction of sp³-hybridized carbons (Fsp3) is 0.294. The van der Waals surface area contributed by atoms with Crippen LogP contribution in [0.1, 0.15) is 30.4 Å². The molecule has 42 heavy (non-hydrogen) atoms. The summed E-state index contributed by atoms with van der Waals surface area (Å²) >= 11 is 0. The third kappa shape index (κ3) is 5.45. The molecule has 2 fully saturated rings. The van der Waals surface area contributed by atoms with Crippen LogP contribution < -0.4 is 4.90 Å². The van der Waals surface area contributed by atoms with Gasteiger partial charge < -0.3 is 19.5 Å². The lowest BCUT2D eigenvalue weighted by Gasteiger charge is -2.43. The SMILES string of the molecule is COCC1=C2[C@@H](CC/C(=C/c3cccc(O)c3)c3ccccc3)OB(O)C[C@@H]2[C@@H]2C(=O)N(c3ccccc3)C(=O)[C@@H]2C1. The summed E-state index contributed by atoms with van der Waals surface area (Å²) in [6.45, 7) is 0.336. The van der Waals surface area contributed by atoms with E-state index in [1.54, 1.807) is 31.4 Å². The van der Waals surface area contributed by atoms with Gasteiger partial charge in [0.25, 0.3) is 0 Å². The smallest absolute Gasteiger partial charge is 0.455 e. The Balaban J connectivity index is 1.33. The summed E-state index contributed by atoms with van der Waals surface area (Å²) in [5.74, 6) is -1.57. The number of anilines is 1. The van der Waals surface area contributed by atoms with E-state index >= 15 is 0 Å². The standard InChI is InChI=1S/C34H34BNO6/c1-41-21-25-19-28-32(34(39)36(33(28)38)26-12-6-3-7-13-26)29-20-35(40)42-30(31(25)29)16-15-24(23-10-4-2-5-11-23)17-22-9-8-14-27(37)18-22/h2-14,17-18,28-30,32,37,40H,15-16,19-21H2,1H3/b24-17-/t28-,29+,30-,32-/m1/s1. The highest BCUT2D eigenvalue weighted by Crippen LogP contribution is 2.51. The van der Waals surface area contributed by atoms with Crippen LogP contribution >= 0.6 is 0 Å². The molecule has 2 amide bonds. The van der Waals surface area contributed by atoms with E-state index < -0.39 is 25.1 Å².